The first-order valence-electron chi connectivity index (χ1n) is 9.96. The smallest absolute Gasteiger partial charge is 0.282 e. The summed E-state index contributed by atoms with van der Waals surface area (Å²) in [5.41, 5.74) is 0.705. The van der Waals surface area contributed by atoms with Crippen LogP contribution in [0.5, 0.6) is 0 Å². The van der Waals surface area contributed by atoms with E-state index in [9.17, 15) is 13.0 Å². The van der Waals surface area contributed by atoms with Crippen LogP contribution in [0.2, 0.25) is 0 Å². The summed E-state index contributed by atoms with van der Waals surface area (Å²) in [7, 11) is -4.65. The highest BCUT2D eigenvalue weighted by molar-refractivity contribution is 7.85. The molecule has 0 saturated heterocycles. The second-order valence-corrected chi connectivity index (χ2v) is 17.5. The minimum absolute atomic E-state index is 0.0783. The van der Waals surface area contributed by atoms with Crippen molar-refractivity contribution in [3.05, 3.63) is 49.5 Å². The number of alkyl halides is 8. The van der Waals surface area contributed by atoms with E-state index in [2.05, 4.69) is 0 Å². The lowest BCUT2D eigenvalue weighted by Crippen LogP contribution is -2.53. The zero-order chi connectivity index (χ0) is 27.0. The number of benzene rings is 1. The molecule has 0 aromatic heterocycles. The van der Waals surface area contributed by atoms with Crippen LogP contribution in [0.25, 0.3) is 0 Å². The molecule has 8 atom stereocenters. The Balaban J connectivity index is 1.80. The van der Waals surface area contributed by atoms with Crippen molar-refractivity contribution < 1.29 is 13.0 Å². The molecule has 5 aliphatic rings. The fourth-order valence-corrected chi connectivity index (χ4v) is 13.6. The van der Waals surface area contributed by atoms with Gasteiger partial charge in [-0.05, 0) is 23.3 Å². The summed E-state index contributed by atoms with van der Waals surface area (Å²) >= 11 is 82.8. The second kappa shape index (κ2) is 7.53. The van der Waals surface area contributed by atoms with E-state index in [0.717, 1.165) is 0 Å². The van der Waals surface area contributed by atoms with Crippen LogP contribution in [0.15, 0.2) is 43.2 Å². The third-order valence-electron chi connectivity index (χ3n) is 8.40. The van der Waals surface area contributed by atoms with Gasteiger partial charge in [0, 0.05) is 23.7 Å². The lowest BCUT2D eigenvalue weighted by Gasteiger charge is -2.52. The molecule has 36 heavy (non-hydrogen) atoms. The molecule has 2 saturated carbocycles. The highest BCUT2D eigenvalue weighted by Crippen LogP contribution is 2.88. The van der Waals surface area contributed by atoms with Crippen LogP contribution in [0.4, 0.5) is 0 Å². The molecule has 196 valence electrons. The van der Waals surface area contributed by atoms with Gasteiger partial charge in [-0.1, -0.05) is 98.9 Å². The molecule has 4 bridgehead atoms. The summed E-state index contributed by atoms with van der Waals surface area (Å²) in [6.45, 7) is 0. The number of rotatable bonds is 1. The molecule has 1 N–H and O–H groups in total. The molecule has 5 aliphatic carbocycles. The highest BCUT2D eigenvalue weighted by atomic mass is 35.5. The van der Waals surface area contributed by atoms with Gasteiger partial charge in [0.15, 0.2) is 8.67 Å². The summed E-state index contributed by atoms with van der Waals surface area (Å²) < 4.78 is 29.9. The van der Waals surface area contributed by atoms with Crippen molar-refractivity contribution >= 4 is 149 Å². The van der Waals surface area contributed by atoms with E-state index in [0.29, 0.717) is 5.56 Å². The number of halogens is 12. The van der Waals surface area contributed by atoms with Gasteiger partial charge in [0.2, 0.25) is 0 Å². The van der Waals surface area contributed by atoms with Crippen LogP contribution in [-0.4, -0.2) is 41.1 Å². The molecular formula is C20H8Cl12O3S. The second-order valence-electron chi connectivity index (χ2n) is 9.52. The molecule has 3 nitrogen and oxygen atoms in total. The lowest BCUT2D eigenvalue weighted by molar-refractivity contribution is 0.201. The average Bonchev–Trinajstić information content (AvgIpc) is 3.12. The molecule has 0 aliphatic heterocycles. The molecule has 1 aromatic carbocycles. The van der Waals surface area contributed by atoms with Gasteiger partial charge in [-0.2, -0.15) is 8.42 Å². The first-order chi connectivity index (χ1) is 16.2. The first-order valence-corrected chi connectivity index (χ1v) is 15.9. The van der Waals surface area contributed by atoms with Gasteiger partial charge in [0.05, 0.1) is 25.0 Å². The maximum absolute atomic E-state index is 12.1. The molecule has 0 amide bonds. The van der Waals surface area contributed by atoms with Crippen molar-refractivity contribution in [2.45, 2.75) is 44.9 Å². The van der Waals surface area contributed by atoms with E-state index in [4.69, 9.17) is 139 Å². The van der Waals surface area contributed by atoms with Crippen LogP contribution in [0.1, 0.15) is 23.0 Å². The molecule has 0 spiro atoms. The number of hydrogen-bond donors (Lipinski definition) is 1. The van der Waals surface area contributed by atoms with E-state index in [1.54, 1.807) is 0 Å². The molecule has 2 fully saturated rings. The standard InChI is InChI=1S/C20H8Cl12O3S/c21-11-13(23)17(27)9-7(15(11,25)19(17,29)30)5-2-1-4(36(33,34)35)3-6(5)8-10(9)18(28)14(24)12(22)16(8,26)20(18,31)32/h1-3,7-10H,(H,33,34,35)/t7?,8?,9?,10?,15-,16+,17+,18-/m1/s1. The van der Waals surface area contributed by atoms with Gasteiger partial charge in [0.1, 0.15) is 19.5 Å². The van der Waals surface area contributed by atoms with Crippen LogP contribution in [0.3, 0.4) is 0 Å². The predicted molar refractivity (Wildman–Crippen MR) is 149 cm³/mol. The van der Waals surface area contributed by atoms with Gasteiger partial charge >= 0.3 is 0 Å². The van der Waals surface area contributed by atoms with Gasteiger partial charge in [-0.3, -0.25) is 4.55 Å². The Hall–Kier alpha value is 2.09. The third-order valence-corrected chi connectivity index (χ3v) is 17.8. The van der Waals surface area contributed by atoms with Crippen LogP contribution in [0, 0.1) is 11.8 Å². The monoisotopic (exact) mass is 748 g/mol. The minimum Gasteiger partial charge on any atom is -0.282 e. The van der Waals surface area contributed by atoms with Gasteiger partial charge in [-0.15, -0.1) is 46.4 Å². The summed E-state index contributed by atoms with van der Waals surface area (Å²) in [4.78, 5) is -7.73. The third kappa shape index (κ3) is 2.51. The lowest BCUT2D eigenvalue weighted by atomic mass is 9.57. The largest absolute Gasteiger partial charge is 0.294 e. The highest BCUT2D eigenvalue weighted by Gasteiger charge is 2.91. The zero-order valence-electron chi connectivity index (χ0n) is 16.7. The SMILES string of the molecule is O=S(=O)(O)c1ccc2c(c1)C1C(C3C2[C@@]2(Cl)C(Cl)=C(Cl)[C@]3(Cl)C2(Cl)Cl)[C@@]2(Cl)C(Cl)=C(Cl)[C@]1(Cl)C2(Cl)Cl. The normalized spacial score (nSPS) is 47.4. The summed E-state index contributed by atoms with van der Waals surface area (Å²) in [6.07, 6.45) is 0. The fraction of sp³-hybridized carbons (Fsp3) is 0.500. The van der Waals surface area contributed by atoms with E-state index in [1.165, 1.54) is 18.2 Å². The Morgan fingerprint density at radius 2 is 0.972 bits per heavy atom. The van der Waals surface area contributed by atoms with Crippen molar-refractivity contribution in [2.75, 3.05) is 0 Å². The summed E-state index contributed by atoms with van der Waals surface area (Å²) in [5.74, 6) is -3.79. The Kier molecular flexibility index (Phi) is 5.90. The van der Waals surface area contributed by atoms with Crippen molar-refractivity contribution in [1.29, 1.82) is 0 Å². The molecule has 6 rings (SSSR count). The molecule has 16 heteroatoms. The Labute approximate surface area is 265 Å². The van der Waals surface area contributed by atoms with E-state index < -0.39 is 66.8 Å². The van der Waals surface area contributed by atoms with Crippen molar-refractivity contribution in [2.24, 2.45) is 11.8 Å². The maximum Gasteiger partial charge on any atom is 0.294 e. The summed E-state index contributed by atoms with van der Waals surface area (Å²) in [5, 5.41) is -0.404. The van der Waals surface area contributed by atoms with E-state index in [-0.39, 0.29) is 25.7 Å². The predicted octanol–water partition coefficient (Wildman–Crippen LogP) is 9.04. The number of fused-ring (bicyclic) bond motifs is 14. The van der Waals surface area contributed by atoms with Crippen LogP contribution in [-0.2, 0) is 10.1 Å². The topological polar surface area (TPSA) is 54.4 Å². The van der Waals surface area contributed by atoms with Crippen molar-refractivity contribution in [1.82, 2.24) is 0 Å². The Morgan fingerprint density at radius 1 is 0.611 bits per heavy atom. The molecule has 4 unspecified atom stereocenters. The average molecular weight is 754 g/mol. The van der Waals surface area contributed by atoms with Crippen LogP contribution >= 0.6 is 139 Å². The molecular weight excluding hydrogens is 746 g/mol. The van der Waals surface area contributed by atoms with Gasteiger partial charge in [0.25, 0.3) is 10.1 Å². The fourth-order valence-electron chi connectivity index (χ4n) is 7.04. The number of hydrogen-bond acceptors (Lipinski definition) is 2. The van der Waals surface area contributed by atoms with E-state index in [1.807, 2.05) is 0 Å². The maximum atomic E-state index is 12.1. The van der Waals surface area contributed by atoms with Crippen molar-refractivity contribution in [3.63, 3.8) is 0 Å². The number of allylic oxidation sites excluding steroid dienone is 4. The molecule has 0 heterocycles. The Morgan fingerprint density at radius 3 is 1.36 bits per heavy atom. The Bertz CT molecular complexity index is 1470. The zero-order valence-corrected chi connectivity index (χ0v) is 26.6. The van der Waals surface area contributed by atoms with Crippen molar-refractivity contribution in [3.8, 4) is 0 Å². The van der Waals surface area contributed by atoms with Gasteiger partial charge < -0.3 is 0 Å². The molecule has 0 radical (unpaired) electrons. The van der Waals surface area contributed by atoms with E-state index >= 15 is 0 Å². The van der Waals surface area contributed by atoms with Crippen LogP contribution < -0.4 is 0 Å². The first kappa shape index (κ1) is 28.2. The van der Waals surface area contributed by atoms with Gasteiger partial charge in [-0.25, -0.2) is 0 Å². The summed E-state index contributed by atoms with van der Waals surface area (Å²) in [6, 6.07) is 3.85. The minimum atomic E-state index is -4.65. The molecule has 1 aromatic rings. The quantitative estimate of drug-likeness (QED) is 0.230.